The number of halogens is 2. The lowest BCUT2D eigenvalue weighted by atomic mass is 10.1. The molecule has 7 heteroatoms. The van der Waals surface area contributed by atoms with Crippen LogP contribution in [0.2, 0.25) is 0 Å². The van der Waals surface area contributed by atoms with Crippen LogP contribution in [-0.2, 0) is 0 Å². The first-order chi connectivity index (χ1) is 13.4. The zero-order valence-corrected chi connectivity index (χ0v) is 16.2. The van der Waals surface area contributed by atoms with Crippen LogP contribution < -0.4 is 0 Å². The Balaban J connectivity index is 1.83. The number of carbonyl (C=O) groups excluding carboxylic acids is 1. The summed E-state index contributed by atoms with van der Waals surface area (Å²) in [6.45, 7) is 1.59. The van der Waals surface area contributed by atoms with Gasteiger partial charge in [-0.2, -0.15) is 0 Å². The highest BCUT2D eigenvalue weighted by Crippen LogP contribution is 2.32. The van der Waals surface area contributed by atoms with E-state index in [-0.39, 0.29) is 11.3 Å². The Hall–Kier alpha value is -3.19. The van der Waals surface area contributed by atoms with E-state index in [0.29, 0.717) is 32.4 Å². The van der Waals surface area contributed by atoms with Crippen LogP contribution in [0, 0.1) is 12.7 Å². The van der Waals surface area contributed by atoms with Crippen molar-refractivity contribution >= 4 is 38.7 Å². The summed E-state index contributed by atoms with van der Waals surface area (Å²) in [6, 6.07) is 14.1. The molecule has 0 fully saturated rings. The second-order valence-corrected chi connectivity index (χ2v) is 7.07. The number of furan rings is 1. The molecule has 0 amide bonds. The van der Waals surface area contributed by atoms with Gasteiger partial charge in [0.2, 0.25) is 0 Å². The van der Waals surface area contributed by atoms with Crippen molar-refractivity contribution in [2.45, 2.75) is 6.92 Å². The molecule has 0 aliphatic heterocycles. The number of rotatable bonds is 3. The highest BCUT2D eigenvalue weighted by atomic mass is 79.9. The predicted octanol–water partition coefficient (Wildman–Crippen LogP) is 5.50. The number of hydrogen-bond donors (Lipinski definition) is 1. The van der Waals surface area contributed by atoms with E-state index >= 15 is 0 Å². The van der Waals surface area contributed by atoms with E-state index < -0.39 is 17.7 Å². The molecule has 5 nitrogen and oxygen atoms in total. The number of carboxylic acids is 1. The summed E-state index contributed by atoms with van der Waals surface area (Å²) in [4.78, 5) is 24.8. The summed E-state index contributed by atoms with van der Waals surface area (Å²) in [7, 11) is 0. The van der Waals surface area contributed by atoms with E-state index in [2.05, 4.69) is 15.9 Å². The molecule has 2 aromatic heterocycles. The lowest BCUT2D eigenvalue weighted by molar-refractivity contribution is 0.0698. The maximum atomic E-state index is 13.3. The highest BCUT2D eigenvalue weighted by molar-refractivity contribution is 9.10. The van der Waals surface area contributed by atoms with Crippen LogP contribution in [0.5, 0.6) is 0 Å². The molecular weight excluding hydrogens is 429 g/mol. The van der Waals surface area contributed by atoms with Crippen molar-refractivity contribution in [1.29, 1.82) is 0 Å². The van der Waals surface area contributed by atoms with Gasteiger partial charge in [0.15, 0.2) is 5.76 Å². The highest BCUT2D eigenvalue weighted by Gasteiger charge is 2.25. The van der Waals surface area contributed by atoms with Gasteiger partial charge in [-0.05, 0) is 59.3 Å². The Bertz CT molecular complexity index is 1250. The van der Waals surface area contributed by atoms with Gasteiger partial charge in [-0.3, -0.25) is 9.36 Å². The number of hydrogen-bond acceptors (Lipinski definition) is 3. The first-order valence-electron chi connectivity index (χ1n) is 8.31. The number of para-hydroxylation sites is 1. The minimum Gasteiger partial charge on any atom is -0.478 e. The molecule has 140 valence electrons. The molecule has 0 aliphatic carbocycles. The maximum absolute atomic E-state index is 13.3. The van der Waals surface area contributed by atoms with Crippen molar-refractivity contribution in [3.05, 3.63) is 81.9 Å². The Morgan fingerprint density at radius 2 is 1.86 bits per heavy atom. The largest absolute Gasteiger partial charge is 0.478 e. The number of nitrogens with zero attached hydrogens (tertiary/aromatic N) is 1. The third-order valence-electron chi connectivity index (χ3n) is 4.54. The number of fused-ring (bicyclic) bond motifs is 1. The van der Waals surface area contributed by atoms with Crippen molar-refractivity contribution in [1.82, 2.24) is 4.57 Å². The minimum atomic E-state index is -1.10. The Kier molecular flexibility index (Phi) is 4.39. The SMILES string of the molecule is Cc1c(C(=O)O)c2ccccc2n1C(=O)c1ccc(-c2ccc(F)cc2Br)o1. The lowest BCUT2D eigenvalue weighted by Crippen LogP contribution is -2.13. The molecule has 2 aromatic carbocycles. The van der Waals surface area contributed by atoms with E-state index in [0.717, 1.165) is 0 Å². The van der Waals surface area contributed by atoms with Gasteiger partial charge in [-0.15, -0.1) is 0 Å². The number of benzene rings is 2. The molecule has 4 rings (SSSR count). The Labute approximate surface area is 167 Å². The van der Waals surface area contributed by atoms with E-state index in [1.54, 1.807) is 43.3 Å². The van der Waals surface area contributed by atoms with Crippen molar-refractivity contribution in [2.24, 2.45) is 0 Å². The van der Waals surface area contributed by atoms with Gasteiger partial charge in [0.25, 0.3) is 5.91 Å². The molecule has 0 saturated carbocycles. The monoisotopic (exact) mass is 441 g/mol. The lowest BCUT2D eigenvalue weighted by Gasteiger charge is -2.05. The molecule has 0 unspecified atom stereocenters. The average molecular weight is 442 g/mol. The molecule has 1 N–H and O–H groups in total. The average Bonchev–Trinajstić information content (AvgIpc) is 3.23. The zero-order valence-electron chi connectivity index (χ0n) is 14.6. The maximum Gasteiger partial charge on any atom is 0.338 e. The second-order valence-electron chi connectivity index (χ2n) is 6.21. The van der Waals surface area contributed by atoms with Gasteiger partial charge >= 0.3 is 5.97 Å². The fourth-order valence-electron chi connectivity index (χ4n) is 3.30. The van der Waals surface area contributed by atoms with E-state index in [4.69, 9.17) is 4.42 Å². The van der Waals surface area contributed by atoms with Crippen molar-refractivity contribution in [3.63, 3.8) is 0 Å². The normalized spacial score (nSPS) is 11.1. The van der Waals surface area contributed by atoms with Gasteiger partial charge in [-0.25, -0.2) is 9.18 Å². The topological polar surface area (TPSA) is 72.4 Å². The van der Waals surface area contributed by atoms with E-state index in [9.17, 15) is 19.1 Å². The molecule has 0 saturated heterocycles. The summed E-state index contributed by atoms with van der Waals surface area (Å²) in [5.74, 6) is -1.54. The zero-order chi connectivity index (χ0) is 20.0. The minimum absolute atomic E-state index is 0.0482. The number of aromatic nitrogens is 1. The molecule has 4 aromatic rings. The standard InChI is InChI=1S/C21H13BrFNO4/c1-11-19(21(26)27)14-4-2-3-5-16(14)24(11)20(25)18-9-8-17(28-18)13-7-6-12(23)10-15(13)22/h2-10H,1H3,(H,26,27). The Morgan fingerprint density at radius 1 is 1.11 bits per heavy atom. The molecule has 0 spiro atoms. The van der Waals surface area contributed by atoms with Crippen molar-refractivity contribution < 1.29 is 23.5 Å². The molecule has 0 atom stereocenters. The van der Waals surface area contributed by atoms with Gasteiger partial charge in [0.1, 0.15) is 11.6 Å². The molecule has 0 aliphatic rings. The van der Waals surface area contributed by atoms with Gasteiger partial charge < -0.3 is 9.52 Å². The summed E-state index contributed by atoms with van der Waals surface area (Å²) >= 11 is 3.28. The smallest absolute Gasteiger partial charge is 0.338 e. The van der Waals surface area contributed by atoms with Crippen LogP contribution in [0.25, 0.3) is 22.2 Å². The van der Waals surface area contributed by atoms with Gasteiger partial charge in [0, 0.05) is 21.1 Å². The van der Waals surface area contributed by atoms with Crippen LogP contribution in [-0.4, -0.2) is 21.6 Å². The van der Waals surface area contributed by atoms with Crippen molar-refractivity contribution in [3.8, 4) is 11.3 Å². The Morgan fingerprint density at radius 3 is 2.57 bits per heavy atom. The fraction of sp³-hybridized carbons (Fsp3) is 0.0476. The van der Waals surface area contributed by atoms with Crippen molar-refractivity contribution in [2.75, 3.05) is 0 Å². The van der Waals surface area contributed by atoms with Gasteiger partial charge in [0.05, 0.1) is 11.1 Å². The molecule has 2 heterocycles. The van der Waals surface area contributed by atoms with Crippen LogP contribution in [0.3, 0.4) is 0 Å². The van der Waals surface area contributed by atoms with Crippen LogP contribution in [0.4, 0.5) is 4.39 Å². The van der Waals surface area contributed by atoms with Crippen LogP contribution in [0.1, 0.15) is 26.6 Å². The first-order valence-corrected chi connectivity index (χ1v) is 9.11. The van der Waals surface area contributed by atoms with Gasteiger partial charge in [-0.1, -0.05) is 18.2 Å². The molecule has 0 radical (unpaired) electrons. The first kappa shape index (κ1) is 18.2. The number of carbonyl (C=O) groups is 2. The number of carboxylic acid groups (broad SMARTS) is 1. The second kappa shape index (κ2) is 6.76. The van der Waals surface area contributed by atoms with E-state index in [1.165, 1.54) is 22.8 Å². The fourth-order valence-corrected chi connectivity index (χ4v) is 3.84. The summed E-state index contributed by atoms with van der Waals surface area (Å²) in [5, 5.41) is 10.0. The predicted molar refractivity (Wildman–Crippen MR) is 105 cm³/mol. The third-order valence-corrected chi connectivity index (χ3v) is 5.20. The summed E-state index contributed by atoms with van der Waals surface area (Å²) < 4.78 is 20.9. The number of aromatic carboxylic acids is 1. The third kappa shape index (κ3) is 2.84. The van der Waals surface area contributed by atoms with Crippen LogP contribution >= 0.6 is 15.9 Å². The van der Waals surface area contributed by atoms with E-state index in [1.807, 2.05) is 0 Å². The molecule has 0 bridgehead atoms. The quantitative estimate of drug-likeness (QED) is 0.455. The molecule has 28 heavy (non-hydrogen) atoms. The summed E-state index contributed by atoms with van der Waals surface area (Å²) in [5.41, 5.74) is 1.49. The summed E-state index contributed by atoms with van der Waals surface area (Å²) in [6.07, 6.45) is 0. The van der Waals surface area contributed by atoms with Crippen LogP contribution in [0.15, 0.2) is 63.5 Å². The molecular formula is C21H13BrFNO4.